The lowest BCUT2D eigenvalue weighted by Crippen LogP contribution is -2.24. The van der Waals surface area contributed by atoms with Crippen LogP contribution in [0.25, 0.3) is 10.2 Å². The number of aromatic nitrogens is 1. The lowest BCUT2D eigenvalue weighted by Gasteiger charge is -2.12. The van der Waals surface area contributed by atoms with Gasteiger partial charge in [0.2, 0.25) is 5.13 Å². The van der Waals surface area contributed by atoms with Crippen molar-refractivity contribution in [1.82, 2.24) is 4.98 Å². The van der Waals surface area contributed by atoms with Gasteiger partial charge < -0.3 is 0 Å². The van der Waals surface area contributed by atoms with Crippen LogP contribution in [-0.4, -0.2) is 22.0 Å². The summed E-state index contributed by atoms with van der Waals surface area (Å²) in [6, 6.07) is 13.0. The molecule has 0 fully saturated rings. The maximum Gasteiger partial charge on any atom is 0.290 e. The first-order valence-corrected chi connectivity index (χ1v) is 10.4. The minimum absolute atomic E-state index is 0.0542. The molecule has 2 aromatic heterocycles. The average Bonchev–Trinajstić information content (AvgIpc) is 3.34. The summed E-state index contributed by atoms with van der Waals surface area (Å²) in [7, 11) is 0. The van der Waals surface area contributed by atoms with Gasteiger partial charge in [0.25, 0.3) is 11.6 Å². The highest BCUT2D eigenvalue weighted by molar-refractivity contribution is 7.22. The number of thiazole rings is 1. The number of rotatable bonds is 5. The molecule has 4 aromatic rings. The molecule has 11 heteroatoms. The number of carbonyl (C=O) groups is 1. The molecule has 1 amide bonds. The molecule has 0 saturated carbocycles. The SMILES string of the molecule is O=C(c1ccc(Cl)s1)N(/N=C/c1ccc([N+](=O)[O-])cc1)c1nc2ccc(F)cc2s1. The molecule has 0 aliphatic rings. The number of hydrogen-bond donors (Lipinski definition) is 0. The first kappa shape index (κ1) is 20.1. The zero-order valence-electron chi connectivity index (χ0n) is 14.9. The largest absolute Gasteiger partial charge is 0.290 e. The summed E-state index contributed by atoms with van der Waals surface area (Å²) in [6.07, 6.45) is 1.39. The molecule has 30 heavy (non-hydrogen) atoms. The highest BCUT2D eigenvalue weighted by Gasteiger charge is 2.22. The number of carbonyl (C=O) groups excluding carboxylic acids is 1. The first-order valence-electron chi connectivity index (χ1n) is 8.35. The van der Waals surface area contributed by atoms with Crippen molar-refractivity contribution in [3.63, 3.8) is 0 Å². The summed E-state index contributed by atoms with van der Waals surface area (Å²) in [6.45, 7) is 0. The van der Waals surface area contributed by atoms with Crippen LogP contribution in [0.3, 0.4) is 0 Å². The van der Waals surface area contributed by atoms with Gasteiger partial charge in [0, 0.05) is 12.1 Å². The number of thiophene rings is 1. The number of halogens is 2. The standard InChI is InChI=1S/C19H10ClFN4O3S2/c20-17-8-7-15(29-17)18(26)24(19-23-14-6-3-12(21)9-16(14)30-19)22-10-11-1-4-13(5-2-11)25(27)28/h1-10H/b22-10+. The van der Waals surface area contributed by atoms with E-state index in [2.05, 4.69) is 10.1 Å². The van der Waals surface area contributed by atoms with Crippen LogP contribution < -0.4 is 5.01 Å². The molecule has 0 atom stereocenters. The summed E-state index contributed by atoms with van der Waals surface area (Å²) in [5.41, 5.74) is 1.03. The number of nitrogens with zero attached hydrogens (tertiary/aromatic N) is 4. The molecule has 0 radical (unpaired) electrons. The van der Waals surface area contributed by atoms with Gasteiger partial charge in [-0.05, 0) is 48.0 Å². The van der Waals surface area contributed by atoms with Gasteiger partial charge in [0.05, 0.1) is 30.6 Å². The summed E-state index contributed by atoms with van der Waals surface area (Å²) in [5, 5.41) is 16.4. The van der Waals surface area contributed by atoms with E-state index >= 15 is 0 Å². The molecule has 150 valence electrons. The molecule has 0 saturated heterocycles. The van der Waals surface area contributed by atoms with E-state index in [1.807, 2.05) is 0 Å². The van der Waals surface area contributed by atoms with Crippen molar-refractivity contribution in [3.05, 3.63) is 85.3 Å². The number of nitro benzene ring substituents is 1. The second-order valence-corrected chi connectivity index (χ2v) is 8.65. The maximum absolute atomic E-state index is 13.5. The van der Waals surface area contributed by atoms with E-state index in [0.29, 0.717) is 25.0 Å². The fourth-order valence-electron chi connectivity index (χ4n) is 2.51. The van der Waals surface area contributed by atoms with Crippen LogP contribution in [0.15, 0.2) is 59.7 Å². The van der Waals surface area contributed by atoms with E-state index in [0.717, 1.165) is 27.7 Å². The van der Waals surface area contributed by atoms with E-state index in [1.54, 1.807) is 12.1 Å². The quantitative estimate of drug-likeness (QED) is 0.216. The van der Waals surface area contributed by atoms with Crippen molar-refractivity contribution in [1.29, 1.82) is 0 Å². The Morgan fingerprint density at radius 3 is 2.60 bits per heavy atom. The van der Waals surface area contributed by atoms with Gasteiger partial charge in [-0.25, -0.2) is 9.37 Å². The summed E-state index contributed by atoms with van der Waals surface area (Å²) < 4.78 is 14.6. The van der Waals surface area contributed by atoms with Gasteiger partial charge in [-0.1, -0.05) is 22.9 Å². The number of hydrogen-bond acceptors (Lipinski definition) is 7. The van der Waals surface area contributed by atoms with Gasteiger partial charge in [-0.3, -0.25) is 14.9 Å². The number of fused-ring (bicyclic) bond motifs is 1. The fraction of sp³-hybridized carbons (Fsp3) is 0. The molecule has 0 aliphatic carbocycles. The van der Waals surface area contributed by atoms with E-state index < -0.39 is 16.6 Å². The number of nitro groups is 1. The van der Waals surface area contributed by atoms with Gasteiger partial charge in [-0.15, -0.1) is 11.3 Å². The van der Waals surface area contributed by atoms with Gasteiger partial charge in [-0.2, -0.15) is 10.1 Å². The number of benzene rings is 2. The second-order valence-electron chi connectivity index (χ2n) is 5.92. The van der Waals surface area contributed by atoms with Crippen LogP contribution in [0.5, 0.6) is 0 Å². The van der Waals surface area contributed by atoms with Crippen LogP contribution in [-0.2, 0) is 0 Å². The van der Waals surface area contributed by atoms with Crippen LogP contribution >= 0.6 is 34.3 Å². The molecule has 4 rings (SSSR count). The van der Waals surface area contributed by atoms with Crippen molar-refractivity contribution < 1.29 is 14.1 Å². The Kier molecular flexibility index (Phi) is 5.53. The predicted octanol–water partition coefficient (Wildman–Crippen LogP) is 5.74. The minimum Gasteiger partial charge on any atom is -0.266 e. The number of hydrazone groups is 1. The molecule has 0 N–H and O–H groups in total. The zero-order chi connectivity index (χ0) is 21.3. The van der Waals surface area contributed by atoms with Crippen molar-refractivity contribution in [2.24, 2.45) is 5.10 Å². The molecule has 0 bridgehead atoms. The van der Waals surface area contributed by atoms with E-state index in [1.165, 1.54) is 48.7 Å². The van der Waals surface area contributed by atoms with E-state index in [4.69, 9.17) is 11.6 Å². The van der Waals surface area contributed by atoms with Crippen LogP contribution in [0, 0.1) is 15.9 Å². The van der Waals surface area contributed by atoms with Crippen LogP contribution in [0.4, 0.5) is 15.2 Å². The Balaban J connectivity index is 1.72. The van der Waals surface area contributed by atoms with Crippen molar-refractivity contribution >= 4 is 67.4 Å². The van der Waals surface area contributed by atoms with Crippen LogP contribution in [0.2, 0.25) is 4.34 Å². The Hall–Kier alpha value is -3.21. The third-order valence-electron chi connectivity index (χ3n) is 3.92. The Morgan fingerprint density at radius 2 is 1.93 bits per heavy atom. The zero-order valence-corrected chi connectivity index (χ0v) is 17.2. The van der Waals surface area contributed by atoms with Crippen molar-refractivity contribution in [2.45, 2.75) is 0 Å². The Morgan fingerprint density at radius 1 is 1.17 bits per heavy atom. The molecule has 7 nitrogen and oxygen atoms in total. The highest BCUT2D eigenvalue weighted by Crippen LogP contribution is 2.32. The topological polar surface area (TPSA) is 88.7 Å². The number of anilines is 1. The lowest BCUT2D eigenvalue weighted by molar-refractivity contribution is -0.384. The first-order chi connectivity index (χ1) is 14.4. The lowest BCUT2D eigenvalue weighted by atomic mass is 10.2. The Bertz CT molecular complexity index is 1290. The predicted molar refractivity (Wildman–Crippen MR) is 116 cm³/mol. The molecule has 0 unspecified atom stereocenters. The summed E-state index contributed by atoms with van der Waals surface area (Å²) in [4.78, 5) is 28.1. The van der Waals surface area contributed by atoms with Gasteiger partial charge in [0.1, 0.15) is 5.82 Å². The van der Waals surface area contributed by atoms with Gasteiger partial charge in [0.15, 0.2) is 0 Å². The highest BCUT2D eigenvalue weighted by atomic mass is 35.5. The molecule has 2 heterocycles. The summed E-state index contributed by atoms with van der Waals surface area (Å²) >= 11 is 8.16. The Labute approximate surface area is 181 Å². The molecule has 2 aromatic carbocycles. The minimum atomic E-state index is -0.502. The van der Waals surface area contributed by atoms with Crippen molar-refractivity contribution in [3.8, 4) is 0 Å². The average molecular weight is 461 g/mol. The molecular weight excluding hydrogens is 451 g/mol. The smallest absolute Gasteiger partial charge is 0.266 e. The van der Waals surface area contributed by atoms with Crippen molar-refractivity contribution in [2.75, 3.05) is 5.01 Å². The molecule has 0 spiro atoms. The third kappa shape index (κ3) is 4.20. The molecule has 0 aliphatic heterocycles. The van der Waals surface area contributed by atoms with Gasteiger partial charge >= 0.3 is 0 Å². The third-order valence-corrected chi connectivity index (χ3v) is 6.14. The monoisotopic (exact) mass is 460 g/mol. The normalized spacial score (nSPS) is 11.3. The number of amides is 1. The molecular formula is C19H10ClFN4O3S2. The fourth-order valence-corrected chi connectivity index (χ4v) is 4.42. The second kappa shape index (κ2) is 8.27. The van der Waals surface area contributed by atoms with E-state index in [9.17, 15) is 19.3 Å². The maximum atomic E-state index is 13.5. The number of non-ortho nitro benzene ring substituents is 1. The summed E-state index contributed by atoms with van der Waals surface area (Å²) in [5.74, 6) is -0.861. The van der Waals surface area contributed by atoms with Crippen LogP contribution in [0.1, 0.15) is 15.2 Å². The van der Waals surface area contributed by atoms with E-state index in [-0.39, 0.29) is 10.8 Å².